The molecule has 1 aliphatic heterocycles. The highest BCUT2D eigenvalue weighted by atomic mass is 16.5. The summed E-state index contributed by atoms with van der Waals surface area (Å²) in [6, 6.07) is 0. The van der Waals surface area contributed by atoms with Crippen molar-refractivity contribution in [3.05, 3.63) is 0 Å². The number of likely N-dealkylation sites (N-methyl/N-ethyl adjacent to an activating group) is 1. The van der Waals surface area contributed by atoms with E-state index in [0.29, 0.717) is 6.10 Å². The topological polar surface area (TPSA) is 44.7 Å². The molecule has 102 valence electrons. The highest BCUT2D eigenvalue weighted by molar-refractivity contribution is 4.77. The second kappa shape index (κ2) is 7.31. The highest BCUT2D eigenvalue weighted by Gasteiger charge is 2.23. The maximum absolute atomic E-state index is 9.32. The minimum Gasteiger partial charge on any atom is -0.396 e. The molecule has 0 aliphatic carbocycles. The third-order valence-corrected chi connectivity index (χ3v) is 3.83. The van der Waals surface area contributed by atoms with Crippen molar-refractivity contribution in [2.24, 2.45) is 5.41 Å². The van der Waals surface area contributed by atoms with Crippen LogP contribution in [0.25, 0.3) is 0 Å². The largest absolute Gasteiger partial charge is 0.396 e. The number of nitrogens with one attached hydrogen (secondary N) is 1. The first-order valence-corrected chi connectivity index (χ1v) is 6.79. The Balaban J connectivity index is 2.21. The Kier molecular flexibility index (Phi) is 6.41. The minimum absolute atomic E-state index is 0.000883. The zero-order chi connectivity index (χ0) is 12.7. The third kappa shape index (κ3) is 4.92. The van der Waals surface area contributed by atoms with E-state index in [9.17, 15) is 5.11 Å². The van der Waals surface area contributed by atoms with Crippen molar-refractivity contribution in [3.8, 4) is 0 Å². The average molecular weight is 244 g/mol. The maximum atomic E-state index is 9.32. The molecule has 0 bridgehead atoms. The molecule has 1 saturated heterocycles. The molecular formula is C13H28N2O2. The summed E-state index contributed by atoms with van der Waals surface area (Å²) in [5, 5.41) is 12.8. The second-order valence-electron chi connectivity index (χ2n) is 5.34. The van der Waals surface area contributed by atoms with E-state index in [1.165, 1.54) is 0 Å². The van der Waals surface area contributed by atoms with Crippen LogP contribution in [0.5, 0.6) is 0 Å². The van der Waals surface area contributed by atoms with Crippen LogP contribution in [0.1, 0.15) is 27.2 Å². The monoisotopic (exact) mass is 244 g/mol. The Hall–Kier alpha value is -0.160. The van der Waals surface area contributed by atoms with Gasteiger partial charge in [-0.2, -0.15) is 0 Å². The summed E-state index contributed by atoms with van der Waals surface area (Å²) >= 11 is 0. The van der Waals surface area contributed by atoms with Crippen LogP contribution in [0, 0.1) is 5.41 Å². The van der Waals surface area contributed by atoms with Crippen LogP contribution in [-0.2, 0) is 4.74 Å². The lowest BCUT2D eigenvalue weighted by Gasteiger charge is -2.33. The summed E-state index contributed by atoms with van der Waals surface area (Å²) < 4.78 is 5.73. The molecule has 0 amide bonds. The molecule has 4 nitrogen and oxygen atoms in total. The Labute approximate surface area is 105 Å². The number of aliphatic hydroxyl groups is 1. The normalized spacial score (nSPS) is 25.8. The van der Waals surface area contributed by atoms with Crippen LogP contribution >= 0.6 is 0 Å². The van der Waals surface area contributed by atoms with E-state index in [0.717, 1.165) is 45.8 Å². The fraction of sp³-hybridized carbons (Fsp3) is 1.00. The second-order valence-corrected chi connectivity index (χ2v) is 5.34. The quantitative estimate of drug-likeness (QED) is 0.692. The Morgan fingerprint density at radius 1 is 1.47 bits per heavy atom. The first kappa shape index (κ1) is 14.9. The van der Waals surface area contributed by atoms with Crippen LogP contribution in [0.2, 0.25) is 0 Å². The number of hydrogen-bond donors (Lipinski definition) is 2. The number of aliphatic hydroxyl groups excluding tert-OH is 1. The smallest absolute Gasteiger partial charge is 0.0826 e. The van der Waals surface area contributed by atoms with E-state index in [1.54, 1.807) is 0 Å². The molecule has 0 radical (unpaired) electrons. The molecule has 0 aromatic heterocycles. The van der Waals surface area contributed by atoms with Gasteiger partial charge in [-0.05, 0) is 13.0 Å². The van der Waals surface area contributed by atoms with Crippen molar-refractivity contribution < 1.29 is 9.84 Å². The van der Waals surface area contributed by atoms with Crippen LogP contribution in [-0.4, -0.2) is 62.0 Å². The molecule has 0 spiro atoms. The Bertz CT molecular complexity index is 208. The zero-order valence-electron chi connectivity index (χ0n) is 11.5. The van der Waals surface area contributed by atoms with Crippen LogP contribution < -0.4 is 5.32 Å². The van der Waals surface area contributed by atoms with Gasteiger partial charge in [0.15, 0.2) is 0 Å². The van der Waals surface area contributed by atoms with Crippen LogP contribution in [0.4, 0.5) is 0 Å². The van der Waals surface area contributed by atoms with Crippen molar-refractivity contribution in [1.82, 2.24) is 10.2 Å². The van der Waals surface area contributed by atoms with Crippen LogP contribution in [0.15, 0.2) is 0 Å². The first-order valence-electron chi connectivity index (χ1n) is 6.79. The Morgan fingerprint density at radius 2 is 2.24 bits per heavy atom. The fourth-order valence-corrected chi connectivity index (χ4v) is 2.02. The molecule has 1 heterocycles. The summed E-state index contributed by atoms with van der Waals surface area (Å²) in [6.07, 6.45) is 1.28. The molecule has 0 aromatic carbocycles. The number of rotatable bonds is 7. The standard InChI is InChI=1S/C13H28N2O2/c1-4-13(3,11-16)10-14-8-12-9-15(5-2)6-7-17-12/h12,14,16H,4-11H2,1-3H3. The molecule has 0 saturated carbocycles. The van der Waals surface area contributed by atoms with Gasteiger partial charge in [-0.25, -0.2) is 0 Å². The number of ether oxygens (including phenoxy) is 1. The molecular weight excluding hydrogens is 216 g/mol. The molecule has 2 N–H and O–H groups in total. The average Bonchev–Trinajstić information content (AvgIpc) is 2.39. The maximum Gasteiger partial charge on any atom is 0.0826 e. The van der Waals surface area contributed by atoms with Gasteiger partial charge in [0, 0.05) is 38.2 Å². The predicted molar refractivity (Wildman–Crippen MR) is 70.2 cm³/mol. The van der Waals surface area contributed by atoms with Gasteiger partial charge in [0.1, 0.15) is 0 Å². The van der Waals surface area contributed by atoms with Crippen molar-refractivity contribution in [3.63, 3.8) is 0 Å². The zero-order valence-corrected chi connectivity index (χ0v) is 11.5. The summed E-state index contributed by atoms with van der Waals surface area (Å²) in [5.74, 6) is 0. The lowest BCUT2D eigenvalue weighted by Crippen LogP contribution is -2.48. The van der Waals surface area contributed by atoms with Gasteiger partial charge in [0.05, 0.1) is 12.7 Å². The Morgan fingerprint density at radius 3 is 2.82 bits per heavy atom. The van der Waals surface area contributed by atoms with Gasteiger partial charge < -0.3 is 15.2 Å². The predicted octanol–water partition coefficient (Wildman–Crippen LogP) is 0.705. The van der Waals surface area contributed by atoms with Gasteiger partial charge in [-0.1, -0.05) is 20.8 Å². The fourth-order valence-electron chi connectivity index (χ4n) is 2.02. The first-order chi connectivity index (χ1) is 8.13. The molecule has 0 aromatic rings. The van der Waals surface area contributed by atoms with Crippen molar-refractivity contribution in [1.29, 1.82) is 0 Å². The number of nitrogens with zero attached hydrogens (tertiary/aromatic N) is 1. The van der Waals surface area contributed by atoms with E-state index in [4.69, 9.17) is 4.74 Å². The SMILES string of the molecule is CCN1CCOC(CNCC(C)(CC)CO)C1. The molecule has 17 heavy (non-hydrogen) atoms. The van der Waals surface area contributed by atoms with Crippen molar-refractivity contribution >= 4 is 0 Å². The number of morpholine rings is 1. The van der Waals surface area contributed by atoms with Crippen molar-refractivity contribution in [2.45, 2.75) is 33.3 Å². The minimum atomic E-state index is -0.000883. The molecule has 2 atom stereocenters. The third-order valence-electron chi connectivity index (χ3n) is 3.83. The van der Waals surface area contributed by atoms with E-state index < -0.39 is 0 Å². The molecule has 4 heteroatoms. The van der Waals surface area contributed by atoms with E-state index >= 15 is 0 Å². The van der Waals surface area contributed by atoms with E-state index in [-0.39, 0.29) is 12.0 Å². The number of hydrogen-bond acceptors (Lipinski definition) is 4. The van der Waals surface area contributed by atoms with Crippen LogP contribution in [0.3, 0.4) is 0 Å². The lowest BCUT2D eigenvalue weighted by atomic mass is 9.88. The van der Waals surface area contributed by atoms with Gasteiger partial charge >= 0.3 is 0 Å². The van der Waals surface area contributed by atoms with E-state index in [1.807, 2.05) is 0 Å². The summed E-state index contributed by atoms with van der Waals surface area (Å²) in [7, 11) is 0. The van der Waals surface area contributed by atoms with Gasteiger partial charge in [-0.3, -0.25) is 4.90 Å². The van der Waals surface area contributed by atoms with Gasteiger partial charge in [0.25, 0.3) is 0 Å². The molecule has 1 aliphatic rings. The molecule has 2 unspecified atom stereocenters. The molecule has 1 rings (SSSR count). The van der Waals surface area contributed by atoms with Gasteiger partial charge in [0.2, 0.25) is 0 Å². The van der Waals surface area contributed by atoms with Crippen molar-refractivity contribution in [2.75, 3.05) is 45.9 Å². The lowest BCUT2D eigenvalue weighted by molar-refractivity contribution is -0.0267. The summed E-state index contributed by atoms with van der Waals surface area (Å²) in [6.45, 7) is 12.4. The van der Waals surface area contributed by atoms with Gasteiger partial charge in [-0.15, -0.1) is 0 Å². The molecule has 1 fully saturated rings. The summed E-state index contributed by atoms with van der Waals surface area (Å²) in [5.41, 5.74) is -0.000883. The highest BCUT2D eigenvalue weighted by Crippen LogP contribution is 2.18. The summed E-state index contributed by atoms with van der Waals surface area (Å²) in [4.78, 5) is 2.42. The van der Waals surface area contributed by atoms with E-state index in [2.05, 4.69) is 31.0 Å².